The molecule has 0 aliphatic carbocycles. The first-order valence-electron chi connectivity index (χ1n) is 6.29. The summed E-state index contributed by atoms with van der Waals surface area (Å²) in [6.45, 7) is 2.29. The number of rotatable bonds is 2. The number of aryl methyl sites for hydroxylation is 1. The fourth-order valence-electron chi connectivity index (χ4n) is 2.77. The van der Waals surface area contributed by atoms with E-state index in [4.69, 9.17) is 10.5 Å². The number of aromatic nitrogens is 1. The van der Waals surface area contributed by atoms with E-state index in [1.165, 1.54) is 6.07 Å². The molecule has 0 saturated heterocycles. The second-order valence-corrected chi connectivity index (χ2v) is 4.90. The third kappa shape index (κ3) is 2.08. The number of halogens is 1. The van der Waals surface area contributed by atoms with E-state index in [1.54, 1.807) is 6.07 Å². The van der Waals surface area contributed by atoms with Gasteiger partial charge in [-0.2, -0.15) is 0 Å². The largest absolute Gasteiger partial charge is 0.487 e. The van der Waals surface area contributed by atoms with Gasteiger partial charge in [0.05, 0.1) is 12.1 Å². The van der Waals surface area contributed by atoms with Gasteiger partial charge in [-0.15, -0.1) is 12.4 Å². The molecule has 1 aliphatic heterocycles. The van der Waals surface area contributed by atoms with Crippen LogP contribution in [0.4, 0.5) is 0 Å². The molecule has 1 aromatic heterocycles. The van der Waals surface area contributed by atoms with Crippen LogP contribution < -0.4 is 16.0 Å². The number of ether oxygens (including phenoxy) is 1. The number of pyridine rings is 1. The molecule has 2 heterocycles. The van der Waals surface area contributed by atoms with E-state index in [0.717, 1.165) is 27.8 Å². The van der Waals surface area contributed by atoms with Crippen LogP contribution in [0.3, 0.4) is 0 Å². The number of hydrogen-bond donors (Lipinski definition) is 3. The van der Waals surface area contributed by atoms with E-state index in [9.17, 15) is 9.90 Å². The lowest BCUT2D eigenvalue weighted by molar-refractivity contribution is 0.165. The van der Waals surface area contributed by atoms with Crippen molar-refractivity contribution in [3.8, 4) is 5.75 Å². The number of aliphatic hydroxyl groups excluding tert-OH is 1. The van der Waals surface area contributed by atoms with Gasteiger partial charge in [0.25, 0.3) is 0 Å². The lowest BCUT2D eigenvalue weighted by atomic mass is 9.93. The molecule has 0 fully saturated rings. The van der Waals surface area contributed by atoms with Crippen LogP contribution in [0.15, 0.2) is 23.0 Å². The maximum Gasteiger partial charge on any atom is 0.248 e. The van der Waals surface area contributed by atoms with Gasteiger partial charge in [-0.05, 0) is 24.6 Å². The standard InChI is InChI=1S/C14H16N2O3.ClH/c1-7-4-9-10(6-17)11(5-15)19-14(9)8-2-3-12(18)16-13(7)8;/h2-4,10-11,17H,5-6,15H2,1H3,(H,16,18);1H. The molecule has 0 spiro atoms. The van der Waals surface area contributed by atoms with Crippen molar-refractivity contribution in [3.63, 3.8) is 0 Å². The van der Waals surface area contributed by atoms with Crippen LogP contribution in [0.2, 0.25) is 0 Å². The predicted molar refractivity (Wildman–Crippen MR) is 79.9 cm³/mol. The summed E-state index contributed by atoms with van der Waals surface area (Å²) in [5.74, 6) is 0.626. The lowest BCUT2D eigenvalue weighted by Gasteiger charge is -2.14. The van der Waals surface area contributed by atoms with Gasteiger partial charge in [0, 0.05) is 29.5 Å². The Morgan fingerprint density at radius 1 is 1.45 bits per heavy atom. The topological polar surface area (TPSA) is 88.3 Å². The van der Waals surface area contributed by atoms with Crippen molar-refractivity contribution in [2.24, 2.45) is 5.73 Å². The summed E-state index contributed by atoms with van der Waals surface area (Å²) < 4.78 is 5.86. The van der Waals surface area contributed by atoms with Crippen LogP contribution in [0.5, 0.6) is 5.75 Å². The number of aliphatic hydroxyl groups is 1. The van der Waals surface area contributed by atoms with Gasteiger partial charge >= 0.3 is 0 Å². The van der Waals surface area contributed by atoms with E-state index < -0.39 is 0 Å². The molecule has 1 aromatic carbocycles. The number of nitrogens with one attached hydrogen (secondary N) is 1. The van der Waals surface area contributed by atoms with Crippen LogP contribution in [0.25, 0.3) is 10.9 Å². The highest BCUT2D eigenvalue weighted by molar-refractivity contribution is 5.89. The maximum absolute atomic E-state index is 11.4. The van der Waals surface area contributed by atoms with Gasteiger partial charge in [-0.1, -0.05) is 0 Å². The van der Waals surface area contributed by atoms with E-state index in [1.807, 2.05) is 13.0 Å². The SMILES string of the molecule is Cc1cc2c(c3ccc(=O)[nH]c13)OC(CN)C2CO.Cl. The molecule has 1 aliphatic rings. The van der Waals surface area contributed by atoms with E-state index in [2.05, 4.69) is 4.98 Å². The third-order valence-corrected chi connectivity index (χ3v) is 3.74. The average molecular weight is 297 g/mol. The maximum atomic E-state index is 11.4. The average Bonchev–Trinajstić information content (AvgIpc) is 2.76. The fraction of sp³-hybridized carbons (Fsp3) is 0.357. The summed E-state index contributed by atoms with van der Waals surface area (Å²) in [6.07, 6.45) is -0.211. The van der Waals surface area contributed by atoms with Gasteiger partial charge in [0.15, 0.2) is 0 Å². The Bertz CT molecular complexity index is 699. The molecule has 0 radical (unpaired) electrons. The van der Waals surface area contributed by atoms with E-state index >= 15 is 0 Å². The van der Waals surface area contributed by atoms with Crippen molar-refractivity contribution in [1.82, 2.24) is 4.98 Å². The molecule has 108 valence electrons. The Balaban J connectivity index is 0.00000147. The number of H-pyrrole nitrogens is 1. The zero-order valence-corrected chi connectivity index (χ0v) is 11.9. The summed E-state index contributed by atoms with van der Waals surface area (Å²) >= 11 is 0. The highest BCUT2D eigenvalue weighted by Gasteiger charge is 2.34. The zero-order chi connectivity index (χ0) is 13.6. The minimum atomic E-state index is -0.211. The number of aromatic amines is 1. The molecule has 6 heteroatoms. The normalized spacial score (nSPS) is 20.4. The molecule has 2 aromatic rings. The summed E-state index contributed by atoms with van der Waals surface area (Å²) in [5, 5.41) is 10.4. The minimum Gasteiger partial charge on any atom is -0.487 e. The number of fused-ring (bicyclic) bond motifs is 3. The van der Waals surface area contributed by atoms with Crippen molar-refractivity contribution in [2.75, 3.05) is 13.2 Å². The quantitative estimate of drug-likeness (QED) is 0.773. The van der Waals surface area contributed by atoms with Crippen LogP contribution in [0.1, 0.15) is 17.0 Å². The lowest BCUT2D eigenvalue weighted by Crippen LogP contribution is -2.30. The molecular formula is C14H17ClN2O3. The highest BCUT2D eigenvalue weighted by Crippen LogP contribution is 2.43. The molecule has 2 atom stereocenters. The van der Waals surface area contributed by atoms with Gasteiger partial charge in [0.1, 0.15) is 11.9 Å². The predicted octanol–water partition coefficient (Wildman–Crippen LogP) is 1.05. The second kappa shape index (κ2) is 5.44. The summed E-state index contributed by atoms with van der Waals surface area (Å²) in [4.78, 5) is 14.2. The van der Waals surface area contributed by atoms with Crippen molar-refractivity contribution in [3.05, 3.63) is 39.7 Å². The number of benzene rings is 1. The first kappa shape index (κ1) is 14.8. The van der Waals surface area contributed by atoms with Gasteiger partial charge in [-0.25, -0.2) is 0 Å². The highest BCUT2D eigenvalue weighted by atomic mass is 35.5. The second-order valence-electron chi connectivity index (χ2n) is 4.90. The van der Waals surface area contributed by atoms with Crippen LogP contribution >= 0.6 is 12.4 Å². The molecule has 3 rings (SSSR count). The number of nitrogens with two attached hydrogens (primary N) is 1. The molecule has 4 N–H and O–H groups in total. The molecular weight excluding hydrogens is 280 g/mol. The van der Waals surface area contributed by atoms with E-state index in [0.29, 0.717) is 6.54 Å². The third-order valence-electron chi connectivity index (χ3n) is 3.74. The Morgan fingerprint density at radius 3 is 2.85 bits per heavy atom. The first-order chi connectivity index (χ1) is 9.15. The van der Waals surface area contributed by atoms with Gasteiger partial charge < -0.3 is 20.6 Å². The Hall–Kier alpha value is -1.56. The Labute approximate surface area is 122 Å². The first-order valence-corrected chi connectivity index (χ1v) is 6.29. The van der Waals surface area contributed by atoms with Crippen molar-refractivity contribution < 1.29 is 9.84 Å². The number of hydrogen-bond acceptors (Lipinski definition) is 4. The van der Waals surface area contributed by atoms with Crippen LogP contribution in [-0.2, 0) is 0 Å². The fourth-order valence-corrected chi connectivity index (χ4v) is 2.77. The molecule has 0 saturated carbocycles. The summed E-state index contributed by atoms with van der Waals surface area (Å²) in [6, 6.07) is 5.20. The smallest absolute Gasteiger partial charge is 0.248 e. The molecule has 5 nitrogen and oxygen atoms in total. The molecule has 2 unspecified atom stereocenters. The van der Waals surface area contributed by atoms with Crippen molar-refractivity contribution >= 4 is 23.3 Å². The summed E-state index contributed by atoms with van der Waals surface area (Å²) in [7, 11) is 0. The zero-order valence-electron chi connectivity index (χ0n) is 11.1. The van der Waals surface area contributed by atoms with E-state index in [-0.39, 0.29) is 36.6 Å². The van der Waals surface area contributed by atoms with Crippen molar-refractivity contribution in [2.45, 2.75) is 18.9 Å². The monoisotopic (exact) mass is 296 g/mol. The summed E-state index contributed by atoms with van der Waals surface area (Å²) in [5.41, 5.74) is 8.27. The van der Waals surface area contributed by atoms with Crippen LogP contribution in [0, 0.1) is 6.92 Å². The van der Waals surface area contributed by atoms with Gasteiger partial charge in [0.2, 0.25) is 5.56 Å². The molecule has 0 amide bonds. The van der Waals surface area contributed by atoms with Gasteiger partial charge in [-0.3, -0.25) is 4.79 Å². The van der Waals surface area contributed by atoms with Crippen molar-refractivity contribution in [1.29, 1.82) is 0 Å². The minimum absolute atomic E-state index is 0. The molecule has 0 bridgehead atoms. The molecule has 20 heavy (non-hydrogen) atoms. The Morgan fingerprint density at radius 2 is 2.20 bits per heavy atom. The Kier molecular flexibility index (Phi) is 4.04. The van der Waals surface area contributed by atoms with Crippen LogP contribution in [-0.4, -0.2) is 29.3 Å².